The molecule has 0 aromatic rings. The molecule has 1 saturated heterocycles. The Kier molecular flexibility index (Phi) is 6.23. The van der Waals surface area contributed by atoms with Gasteiger partial charge in [-0.25, -0.2) is 0 Å². The fraction of sp³-hybridized carbons (Fsp3) is 1.00. The van der Waals surface area contributed by atoms with Gasteiger partial charge in [0, 0.05) is 53.6 Å². The van der Waals surface area contributed by atoms with Crippen LogP contribution in [0.5, 0.6) is 0 Å². The molecule has 2 N–H and O–H groups in total. The average molecular weight is 232 g/mol. The van der Waals surface area contributed by atoms with Crippen molar-refractivity contribution in [1.82, 2.24) is 4.90 Å². The van der Waals surface area contributed by atoms with E-state index in [1.165, 1.54) is 0 Å². The van der Waals surface area contributed by atoms with E-state index in [0.717, 1.165) is 32.7 Å². The zero-order chi connectivity index (χ0) is 12.0. The predicted octanol–water partition coefficient (Wildman–Crippen LogP) is -0.304. The molecule has 1 rings (SSSR count). The number of likely N-dealkylation sites (tertiary alicyclic amines) is 1. The molecule has 5 heteroatoms. The van der Waals surface area contributed by atoms with Crippen LogP contribution >= 0.6 is 0 Å². The number of nitrogens with two attached hydrogens (primary N) is 1. The molecule has 0 saturated carbocycles. The lowest BCUT2D eigenvalue weighted by atomic mass is 10.2. The van der Waals surface area contributed by atoms with Crippen molar-refractivity contribution in [2.24, 2.45) is 5.73 Å². The van der Waals surface area contributed by atoms with E-state index < -0.39 is 0 Å². The van der Waals surface area contributed by atoms with Crippen LogP contribution < -0.4 is 5.73 Å². The second kappa shape index (κ2) is 7.19. The Morgan fingerprint density at radius 2 is 1.75 bits per heavy atom. The molecule has 1 heterocycles. The number of rotatable bonds is 7. The molecule has 0 bridgehead atoms. The highest BCUT2D eigenvalue weighted by Crippen LogP contribution is 2.15. The first-order valence-electron chi connectivity index (χ1n) is 5.73. The SMILES string of the molecule is COCCC(N)CN1CC(OC)C(OC)C1. The van der Waals surface area contributed by atoms with Gasteiger partial charge in [0.05, 0.1) is 12.2 Å². The minimum absolute atomic E-state index is 0.160. The van der Waals surface area contributed by atoms with Gasteiger partial charge in [-0.05, 0) is 6.42 Å². The van der Waals surface area contributed by atoms with Crippen molar-refractivity contribution in [3.8, 4) is 0 Å². The molecule has 0 spiro atoms. The maximum Gasteiger partial charge on any atom is 0.0971 e. The van der Waals surface area contributed by atoms with E-state index in [-0.39, 0.29) is 18.2 Å². The molecule has 3 unspecified atom stereocenters. The largest absolute Gasteiger partial charge is 0.385 e. The Morgan fingerprint density at radius 1 is 1.19 bits per heavy atom. The maximum absolute atomic E-state index is 6.01. The number of ether oxygens (including phenoxy) is 3. The number of hydrogen-bond donors (Lipinski definition) is 1. The topological polar surface area (TPSA) is 57.0 Å². The number of hydrogen-bond acceptors (Lipinski definition) is 5. The first-order chi connectivity index (χ1) is 7.71. The molecule has 16 heavy (non-hydrogen) atoms. The molecule has 1 aliphatic heterocycles. The van der Waals surface area contributed by atoms with Crippen molar-refractivity contribution in [3.63, 3.8) is 0 Å². The van der Waals surface area contributed by atoms with Crippen LogP contribution in [0.2, 0.25) is 0 Å². The second-order valence-corrected chi connectivity index (χ2v) is 4.31. The van der Waals surface area contributed by atoms with Crippen LogP contribution in [0.15, 0.2) is 0 Å². The van der Waals surface area contributed by atoms with Crippen LogP contribution in [-0.2, 0) is 14.2 Å². The van der Waals surface area contributed by atoms with Gasteiger partial charge >= 0.3 is 0 Å². The summed E-state index contributed by atoms with van der Waals surface area (Å²) in [5.41, 5.74) is 6.01. The molecular weight excluding hydrogens is 208 g/mol. The van der Waals surface area contributed by atoms with Crippen molar-refractivity contribution >= 4 is 0 Å². The summed E-state index contributed by atoms with van der Waals surface area (Å²) in [6, 6.07) is 0.160. The van der Waals surface area contributed by atoms with Crippen LogP contribution in [0.3, 0.4) is 0 Å². The Balaban J connectivity index is 2.28. The second-order valence-electron chi connectivity index (χ2n) is 4.31. The van der Waals surface area contributed by atoms with Crippen molar-refractivity contribution in [1.29, 1.82) is 0 Å². The monoisotopic (exact) mass is 232 g/mol. The highest BCUT2D eigenvalue weighted by atomic mass is 16.5. The lowest BCUT2D eigenvalue weighted by molar-refractivity contribution is -0.00461. The zero-order valence-electron chi connectivity index (χ0n) is 10.5. The first-order valence-corrected chi connectivity index (χ1v) is 5.73. The highest BCUT2D eigenvalue weighted by Gasteiger charge is 2.33. The van der Waals surface area contributed by atoms with Gasteiger partial charge in [0.2, 0.25) is 0 Å². The Bertz CT molecular complexity index is 180. The molecule has 0 radical (unpaired) electrons. The van der Waals surface area contributed by atoms with Gasteiger partial charge in [0.15, 0.2) is 0 Å². The minimum Gasteiger partial charge on any atom is -0.385 e. The zero-order valence-corrected chi connectivity index (χ0v) is 10.5. The summed E-state index contributed by atoms with van der Waals surface area (Å²) in [7, 11) is 5.15. The van der Waals surface area contributed by atoms with Crippen LogP contribution in [0, 0.1) is 0 Å². The van der Waals surface area contributed by atoms with Gasteiger partial charge in [-0.1, -0.05) is 0 Å². The summed E-state index contributed by atoms with van der Waals surface area (Å²) in [4.78, 5) is 2.29. The summed E-state index contributed by atoms with van der Waals surface area (Å²) in [6.45, 7) is 3.39. The molecule has 0 amide bonds. The summed E-state index contributed by atoms with van der Waals surface area (Å²) >= 11 is 0. The van der Waals surface area contributed by atoms with E-state index in [0.29, 0.717) is 0 Å². The molecule has 0 aliphatic carbocycles. The third-order valence-electron chi connectivity index (χ3n) is 3.08. The Morgan fingerprint density at radius 3 is 2.19 bits per heavy atom. The quantitative estimate of drug-likeness (QED) is 0.653. The van der Waals surface area contributed by atoms with Crippen molar-refractivity contribution in [3.05, 3.63) is 0 Å². The molecule has 0 aromatic heterocycles. The standard InChI is InChI=1S/C11H24N2O3/c1-14-5-4-9(12)6-13-7-10(15-2)11(8-13)16-3/h9-11H,4-8,12H2,1-3H3. The van der Waals surface area contributed by atoms with Crippen LogP contribution in [0.4, 0.5) is 0 Å². The van der Waals surface area contributed by atoms with Gasteiger partial charge < -0.3 is 19.9 Å². The van der Waals surface area contributed by atoms with Crippen molar-refractivity contribution in [2.45, 2.75) is 24.7 Å². The normalized spacial score (nSPS) is 28.5. The molecular formula is C11H24N2O3. The molecule has 1 fully saturated rings. The Hall–Kier alpha value is -0.200. The van der Waals surface area contributed by atoms with Crippen LogP contribution in [0.25, 0.3) is 0 Å². The molecule has 96 valence electrons. The van der Waals surface area contributed by atoms with Crippen LogP contribution in [-0.4, -0.2) is 70.7 Å². The highest BCUT2D eigenvalue weighted by molar-refractivity contribution is 4.87. The van der Waals surface area contributed by atoms with E-state index in [4.69, 9.17) is 19.9 Å². The predicted molar refractivity (Wildman–Crippen MR) is 62.5 cm³/mol. The minimum atomic E-state index is 0.160. The smallest absolute Gasteiger partial charge is 0.0971 e. The lowest BCUT2D eigenvalue weighted by Crippen LogP contribution is -2.37. The van der Waals surface area contributed by atoms with Gasteiger partial charge in [-0.15, -0.1) is 0 Å². The van der Waals surface area contributed by atoms with E-state index in [1.54, 1.807) is 21.3 Å². The van der Waals surface area contributed by atoms with E-state index in [9.17, 15) is 0 Å². The van der Waals surface area contributed by atoms with E-state index in [2.05, 4.69) is 4.90 Å². The summed E-state index contributed by atoms with van der Waals surface area (Å²) in [5, 5.41) is 0. The lowest BCUT2D eigenvalue weighted by Gasteiger charge is -2.20. The average Bonchev–Trinajstić information content (AvgIpc) is 2.68. The molecule has 5 nitrogen and oxygen atoms in total. The van der Waals surface area contributed by atoms with Gasteiger partial charge in [0.1, 0.15) is 0 Å². The summed E-state index contributed by atoms with van der Waals surface area (Å²) in [5.74, 6) is 0. The van der Waals surface area contributed by atoms with E-state index >= 15 is 0 Å². The molecule has 3 atom stereocenters. The molecule has 1 aliphatic rings. The van der Waals surface area contributed by atoms with Gasteiger partial charge in [-0.3, -0.25) is 4.90 Å². The number of nitrogens with zero attached hydrogens (tertiary/aromatic N) is 1. The third kappa shape index (κ3) is 3.99. The summed E-state index contributed by atoms with van der Waals surface area (Å²) < 4.78 is 15.8. The third-order valence-corrected chi connectivity index (χ3v) is 3.08. The fourth-order valence-electron chi connectivity index (χ4n) is 2.11. The van der Waals surface area contributed by atoms with Gasteiger partial charge in [0.25, 0.3) is 0 Å². The van der Waals surface area contributed by atoms with Gasteiger partial charge in [-0.2, -0.15) is 0 Å². The number of methoxy groups -OCH3 is 3. The Labute approximate surface area is 97.8 Å². The van der Waals surface area contributed by atoms with Crippen molar-refractivity contribution < 1.29 is 14.2 Å². The molecule has 0 aromatic carbocycles. The van der Waals surface area contributed by atoms with Crippen LogP contribution in [0.1, 0.15) is 6.42 Å². The maximum atomic E-state index is 6.01. The first kappa shape index (κ1) is 13.9. The fourth-order valence-corrected chi connectivity index (χ4v) is 2.11. The van der Waals surface area contributed by atoms with Crippen molar-refractivity contribution in [2.75, 3.05) is 47.6 Å². The van der Waals surface area contributed by atoms with E-state index in [1.807, 2.05) is 0 Å². The summed E-state index contributed by atoms with van der Waals surface area (Å²) in [6.07, 6.45) is 1.22.